The van der Waals surface area contributed by atoms with Gasteiger partial charge in [0.15, 0.2) is 0 Å². The Morgan fingerprint density at radius 1 is 1.17 bits per heavy atom. The number of nitrogens with one attached hydrogen (secondary N) is 2. The van der Waals surface area contributed by atoms with Gasteiger partial charge in [0.25, 0.3) is 0 Å². The smallest absolute Gasteiger partial charge is 0.315 e. The van der Waals surface area contributed by atoms with Crippen molar-refractivity contribution in [2.45, 2.75) is 64.5 Å². The van der Waals surface area contributed by atoms with Crippen molar-refractivity contribution in [3.8, 4) is 5.75 Å². The van der Waals surface area contributed by atoms with E-state index in [0.29, 0.717) is 12.0 Å². The molecule has 0 aliphatic heterocycles. The number of ether oxygens (including phenoxy) is 1. The number of hydrogen-bond acceptors (Lipinski definition) is 2. The lowest BCUT2D eigenvalue weighted by atomic mass is 9.95. The van der Waals surface area contributed by atoms with Crippen LogP contribution in [0.1, 0.15) is 64.0 Å². The van der Waals surface area contributed by atoms with Crippen molar-refractivity contribution in [2.75, 3.05) is 7.11 Å². The van der Waals surface area contributed by atoms with Gasteiger partial charge in [-0.3, -0.25) is 0 Å². The van der Waals surface area contributed by atoms with E-state index < -0.39 is 0 Å². The van der Waals surface area contributed by atoms with E-state index in [4.69, 9.17) is 4.74 Å². The quantitative estimate of drug-likeness (QED) is 0.816. The molecule has 1 aromatic rings. The lowest BCUT2D eigenvalue weighted by Gasteiger charge is -2.26. The van der Waals surface area contributed by atoms with E-state index in [2.05, 4.69) is 24.5 Å². The first-order valence-electron chi connectivity index (χ1n) is 8.79. The van der Waals surface area contributed by atoms with E-state index in [9.17, 15) is 4.79 Å². The number of methoxy groups -OCH3 is 1. The van der Waals surface area contributed by atoms with Crippen LogP contribution < -0.4 is 15.4 Å². The minimum atomic E-state index is -0.0432. The zero-order valence-corrected chi connectivity index (χ0v) is 14.6. The Bertz CT molecular complexity index is 479. The first-order valence-corrected chi connectivity index (χ1v) is 8.79. The van der Waals surface area contributed by atoms with Crippen molar-refractivity contribution in [3.05, 3.63) is 29.8 Å². The van der Waals surface area contributed by atoms with Crippen LogP contribution in [0.25, 0.3) is 0 Å². The number of urea groups is 1. The Morgan fingerprint density at radius 2 is 1.83 bits per heavy atom. The Hall–Kier alpha value is -1.71. The number of rotatable bonds is 6. The van der Waals surface area contributed by atoms with Crippen molar-refractivity contribution in [1.82, 2.24) is 10.6 Å². The van der Waals surface area contributed by atoms with Crippen LogP contribution in [0.4, 0.5) is 4.79 Å². The van der Waals surface area contributed by atoms with Crippen molar-refractivity contribution in [1.29, 1.82) is 0 Å². The number of carbonyl (C=O) groups excluding carboxylic acids is 1. The third-order valence-electron chi connectivity index (χ3n) is 4.47. The van der Waals surface area contributed by atoms with Crippen molar-refractivity contribution in [3.63, 3.8) is 0 Å². The second-order valence-corrected chi connectivity index (χ2v) is 6.91. The van der Waals surface area contributed by atoms with Gasteiger partial charge in [-0.1, -0.05) is 45.2 Å². The summed E-state index contributed by atoms with van der Waals surface area (Å²) in [5.41, 5.74) is 1.12. The summed E-state index contributed by atoms with van der Waals surface area (Å²) in [5, 5.41) is 6.30. The highest BCUT2D eigenvalue weighted by Gasteiger charge is 2.19. The zero-order valence-electron chi connectivity index (χ0n) is 14.6. The number of hydrogen-bond donors (Lipinski definition) is 2. The SMILES string of the molecule is COc1ccc(C(CC(C)C)NC(=O)NC2CCCCC2)cc1. The van der Waals surface area contributed by atoms with Crippen LogP contribution in [0.5, 0.6) is 5.75 Å². The fourth-order valence-electron chi connectivity index (χ4n) is 3.22. The van der Waals surface area contributed by atoms with E-state index in [-0.39, 0.29) is 12.1 Å². The molecule has 1 atom stereocenters. The lowest BCUT2D eigenvalue weighted by molar-refractivity contribution is 0.227. The van der Waals surface area contributed by atoms with Crippen LogP contribution in [-0.4, -0.2) is 19.2 Å². The number of benzene rings is 1. The van der Waals surface area contributed by atoms with Crippen LogP contribution in [0.3, 0.4) is 0 Å². The molecule has 2 rings (SSSR count). The van der Waals surface area contributed by atoms with E-state index >= 15 is 0 Å². The minimum Gasteiger partial charge on any atom is -0.497 e. The molecule has 1 aromatic carbocycles. The van der Waals surface area contributed by atoms with Crippen LogP contribution in [-0.2, 0) is 0 Å². The standard InChI is InChI=1S/C19H30N2O2/c1-14(2)13-18(15-9-11-17(23-3)12-10-15)21-19(22)20-16-7-5-4-6-8-16/h9-12,14,16,18H,4-8,13H2,1-3H3,(H2,20,21,22). The maximum absolute atomic E-state index is 12.4. The van der Waals surface area contributed by atoms with E-state index in [1.54, 1.807) is 7.11 Å². The summed E-state index contributed by atoms with van der Waals surface area (Å²) in [5.74, 6) is 1.35. The summed E-state index contributed by atoms with van der Waals surface area (Å²) in [7, 11) is 1.66. The molecule has 1 fully saturated rings. The molecule has 0 heterocycles. The van der Waals surface area contributed by atoms with Crippen LogP contribution >= 0.6 is 0 Å². The van der Waals surface area contributed by atoms with E-state index in [1.807, 2.05) is 24.3 Å². The van der Waals surface area contributed by atoms with Gasteiger partial charge in [0, 0.05) is 6.04 Å². The fourth-order valence-corrected chi connectivity index (χ4v) is 3.22. The number of carbonyl (C=O) groups is 1. The van der Waals surface area contributed by atoms with E-state index in [1.165, 1.54) is 19.3 Å². The van der Waals surface area contributed by atoms with Gasteiger partial charge in [0.1, 0.15) is 5.75 Å². The highest BCUT2D eigenvalue weighted by molar-refractivity contribution is 5.74. The van der Waals surface area contributed by atoms with Gasteiger partial charge in [0.05, 0.1) is 13.2 Å². The zero-order chi connectivity index (χ0) is 16.7. The van der Waals surface area contributed by atoms with Crippen molar-refractivity contribution in [2.24, 2.45) is 5.92 Å². The molecule has 128 valence electrons. The highest BCUT2D eigenvalue weighted by atomic mass is 16.5. The molecule has 1 aliphatic rings. The van der Waals surface area contributed by atoms with Crippen LogP contribution in [0, 0.1) is 5.92 Å². The molecule has 1 aliphatic carbocycles. The monoisotopic (exact) mass is 318 g/mol. The second-order valence-electron chi connectivity index (χ2n) is 6.91. The number of amides is 2. The lowest BCUT2D eigenvalue weighted by Crippen LogP contribution is -2.44. The summed E-state index contributed by atoms with van der Waals surface area (Å²) in [6.07, 6.45) is 6.86. The Labute approximate surface area is 140 Å². The maximum Gasteiger partial charge on any atom is 0.315 e. The first kappa shape index (κ1) is 17.6. The molecule has 23 heavy (non-hydrogen) atoms. The second kappa shape index (κ2) is 8.80. The third-order valence-corrected chi connectivity index (χ3v) is 4.47. The van der Waals surface area contributed by atoms with Gasteiger partial charge in [-0.25, -0.2) is 4.79 Å². The molecule has 0 aromatic heterocycles. The van der Waals surface area contributed by atoms with E-state index in [0.717, 1.165) is 30.6 Å². The molecular weight excluding hydrogens is 288 g/mol. The highest BCUT2D eigenvalue weighted by Crippen LogP contribution is 2.24. The molecule has 4 nitrogen and oxygen atoms in total. The van der Waals surface area contributed by atoms with Gasteiger partial charge in [-0.2, -0.15) is 0 Å². The molecule has 4 heteroatoms. The molecule has 0 radical (unpaired) electrons. The third kappa shape index (κ3) is 5.77. The summed E-state index contributed by atoms with van der Waals surface area (Å²) in [4.78, 5) is 12.4. The normalized spacial score (nSPS) is 16.9. The molecule has 0 spiro atoms. The van der Waals surface area contributed by atoms with Gasteiger partial charge >= 0.3 is 6.03 Å². The van der Waals surface area contributed by atoms with Gasteiger partial charge in [0.2, 0.25) is 0 Å². The molecule has 2 amide bonds. The topological polar surface area (TPSA) is 50.4 Å². The molecule has 1 saturated carbocycles. The van der Waals surface area contributed by atoms with Crippen LogP contribution in [0.15, 0.2) is 24.3 Å². The average Bonchev–Trinajstić information content (AvgIpc) is 2.55. The van der Waals surface area contributed by atoms with Gasteiger partial charge in [-0.05, 0) is 42.9 Å². The summed E-state index contributed by atoms with van der Waals surface area (Å²) in [6, 6.07) is 8.29. The minimum absolute atomic E-state index is 0.0319. The van der Waals surface area contributed by atoms with Crippen molar-refractivity contribution >= 4 is 6.03 Å². The Kier molecular flexibility index (Phi) is 6.75. The van der Waals surface area contributed by atoms with Crippen LogP contribution in [0.2, 0.25) is 0 Å². The van der Waals surface area contributed by atoms with Gasteiger partial charge in [-0.15, -0.1) is 0 Å². The molecule has 0 bridgehead atoms. The Balaban J connectivity index is 1.97. The predicted molar refractivity (Wildman–Crippen MR) is 93.7 cm³/mol. The summed E-state index contributed by atoms with van der Waals surface area (Å²) in [6.45, 7) is 4.36. The molecule has 0 saturated heterocycles. The largest absolute Gasteiger partial charge is 0.497 e. The molecule has 1 unspecified atom stereocenters. The molecular formula is C19H30N2O2. The summed E-state index contributed by atoms with van der Waals surface area (Å²) < 4.78 is 5.21. The first-order chi connectivity index (χ1) is 11.1. The predicted octanol–water partition coefficient (Wildman–Crippen LogP) is 4.41. The fraction of sp³-hybridized carbons (Fsp3) is 0.632. The summed E-state index contributed by atoms with van der Waals surface area (Å²) >= 11 is 0. The maximum atomic E-state index is 12.4. The van der Waals surface area contributed by atoms with Gasteiger partial charge < -0.3 is 15.4 Å². The average molecular weight is 318 g/mol. The Morgan fingerprint density at radius 3 is 2.39 bits per heavy atom. The molecule has 2 N–H and O–H groups in total. The van der Waals surface area contributed by atoms with Crippen molar-refractivity contribution < 1.29 is 9.53 Å².